The summed E-state index contributed by atoms with van der Waals surface area (Å²) in [5.41, 5.74) is 5.94. The Bertz CT molecular complexity index is 727. The van der Waals surface area contributed by atoms with Crippen LogP contribution in [-0.2, 0) is 10.0 Å². The first-order chi connectivity index (χ1) is 9.58. The highest BCUT2D eigenvalue weighted by Gasteiger charge is 2.29. The highest BCUT2D eigenvalue weighted by molar-refractivity contribution is 7.89. The lowest BCUT2D eigenvalue weighted by Crippen LogP contribution is -2.38. The number of benzene rings is 1. The van der Waals surface area contributed by atoms with Crippen molar-refractivity contribution in [2.24, 2.45) is 11.7 Å². The molecule has 1 saturated carbocycles. The van der Waals surface area contributed by atoms with E-state index in [0.29, 0.717) is 11.3 Å². The van der Waals surface area contributed by atoms with Crippen molar-refractivity contribution in [1.82, 2.24) is 9.71 Å². The van der Waals surface area contributed by atoms with Gasteiger partial charge in [-0.2, -0.15) is 0 Å². The molecule has 2 aromatic rings. The van der Waals surface area contributed by atoms with Crippen molar-refractivity contribution in [3.8, 4) is 0 Å². The first kappa shape index (κ1) is 16.2. The zero-order valence-corrected chi connectivity index (χ0v) is 13.0. The average Bonchev–Trinajstić information content (AvgIpc) is 3.29. The number of pyridine rings is 1. The van der Waals surface area contributed by atoms with Crippen molar-refractivity contribution >= 4 is 33.2 Å². The molecule has 0 spiro atoms. The molecule has 5 nitrogen and oxygen atoms in total. The Labute approximate surface area is 130 Å². The zero-order chi connectivity index (χ0) is 14.2. The van der Waals surface area contributed by atoms with Gasteiger partial charge < -0.3 is 5.73 Å². The minimum absolute atomic E-state index is 0. The fourth-order valence-corrected chi connectivity index (χ4v) is 3.60. The van der Waals surface area contributed by atoms with Crippen LogP contribution in [0.3, 0.4) is 0 Å². The van der Waals surface area contributed by atoms with Crippen molar-refractivity contribution in [3.63, 3.8) is 0 Å². The van der Waals surface area contributed by atoms with Crippen LogP contribution < -0.4 is 10.5 Å². The lowest BCUT2D eigenvalue weighted by molar-refractivity contribution is 0.548. The number of nitrogens with zero attached hydrogens (tertiary/aromatic N) is 1. The minimum atomic E-state index is -3.55. The van der Waals surface area contributed by atoms with Crippen LogP contribution in [0.25, 0.3) is 10.8 Å². The molecule has 0 radical (unpaired) electrons. The van der Waals surface area contributed by atoms with E-state index in [-0.39, 0.29) is 29.9 Å². The Morgan fingerprint density at radius 3 is 2.81 bits per heavy atom. The molecule has 1 unspecified atom stereocenters. The van der Waals surface area contributed by atoms with Gasteiger partial charge in [0.05, 0.1) is 4.90 Å². The van der Waals surface area contributed by atoms with Crippen molar-refractivity contribution in [2.75, 3.05) is 6.54 Å². The van der Waals surface area contributed by atoms with E-state index in [0.717, 1.165) is 18.2 Å². The Balaban J connectivity index is 0.00000161. The summed E-state index contributed by atoms with van der Waals surface area (Å²) in [7, 11) is -3.55. The molecule has 3 rings (SSSR count). The molecule has 7 heteroatoms. The molecule has 1 atom stereocenters. The molecule has 1 heterocycles. The lowest BCUT2D eigenvalue weighted by Gasteiger charge is -2.13. The molecule has 0 bridgehead atoms. The highest BCUT2D eigenvalue weighted by atomic mass is 35.5. The molecular weight excluding hydrogens is 310 g/mol. The quantitative estimate of drug-likeness (QED) is 0.874. The SMILES string of the molecule is Cl.NC(CNS(=O)(=O)c1cccc2cnccc12)C1CC1. The third kappa shape index (κ3) is 3.52. The predicted molar refractivity (Wildman–Crippen MR) is 84.9 cm³/mol. The van der Waals surface area contributed by atoms with Crippen molar-refractivity contribution < 1.29 is 8.42 Å². The summed E-state index contributed by atoms with van der Waals surface area (Å²) in [4.78, 5) is 4.28. The molecule has 1 fully saturated rings. The summed E-state index contributed by atoms with van der Waals surface area (Å²) in [5.74, 6) is 0.467. The number of sulfonamides is 1. The molecule has 1 aromatic heterocycles. The molecule has 0 amide bonds. The predicted octanol–water partition coefficient (Wildman–Crippen LogP) is 1.67. The molecule has 1 aliphatic carbocycles. The highest BCUT2D eigenvalue weighted by Crippen LogP contribution is 2.31. The van der Waals surface area contributed by atoms with E-state index in [9.17, 15) is 8.42 Å². The Hall–Kier alpha value is -1.21. The monoisotopic (exact) mass is 327 g/mol. The molecule has 1 aliphatic rings. The van der Waals surface area contributed by atoms with Crippen molar-refractivity contribution in [3.05, 3.63) is 36.7 Å². The average molecular weight is 328 g/mol. The van der Waals surface area contributed by atoms with E-state index < -0.39 is 10.0 Å². The van der Waals surface area contributed by atoms with Gasteiger partial charge in [0, 0.05) is 35.8 Å². The third-order valence-corrected chi connectivity index (χ3v) is 5.15. The third-order valence-electron chi connectivity index (χ3n) is 3.67. The molecule has 114 valence electrons. The number of nitrogens with one attached hydrogen (secondary N) is 1. The largest absolute Gasteiger partial charge is 0.326 e. The fourth-order valence-electron chi connectivity index (χ4n) is 2.30. The first-order valence-corrected chi connectivity index (χ1v) is 8.14. The number of rotatable bonds is 5. The van der Waals surface area contributed by atoms with Gasteiger partial charge in [-0.1, -0.05) is 12.1 Å². The number of halogens is 1. The van der Waals surface area contributed by atoms with Gasteiger partial charge >= 0.3 is 0 Å². The van der Waals surface area contributed by atoms with Gasteiger partial charge in [-0.15, -0.1) is 12.4 Å². The second-order valence-corrected chi connectivity index (χ2v) is 6.94. The summed E-state index contributed by atoms with van der Waals surface area (Å²) in [6, 6.07) is 6.79. The van der Waals surface area contributed by atoms with E-state index in [2.05, 4.69) is 9.71 Å². The molecular formula is C14H18ClN3O2S. The Morgan fingerprint density at radius 1 is 1.33 bits per heavy atom. The Kier molecular flexibility index (Phi) is 4.83. The van der Waals surface area contributed by atoms with Crippen molar-refractivity contribution in [2.45, 2.75) is 23.8 Å². The number of aromatic nitrogens is 1. The van der Waals surface area contributed by atoms with E-state index in [4.69, 9.17) is 5.73 Å². The summed E-state index contributed by atoms with van der Waals surface area (Å²) in [5, 5.41) is 1.48. The van der Waals surface area contributed by atoms with E-state index >= 15 is 0 Å². The fraction of sp³-hybridized carbons (Fsp3) is 0.357. The maximum Gasteiger partial charge on any atom is 0.241 e. The molecule has 1 aromatic carbocycles. The molecule has 21 heavy (non-hydrogen) atoms. The number of hydrogen-bond donors (Lipinski definition) is 2. The summed E-state index contributed by atoms with van der Waals surface area (Å²) in [6.07, 6.45) is 5.45. The summed E-state index contributed by atoms with van der Waals surface area (Å²) < 4.78 is 27.4. The van der Waals surface area contributed by atoms with Crippen LogP contribution in [0.5, 0.6) is 0 Å². The van der Waals surface area contributed by atoms with Gasteiger partial charge in [0.1, 0.15) is 0 Å². The summed E-state index contributed by atoms with van der Waals surface area (Å²) >= 11 is 0. The van der Waals surface area contributed by atoms with Gasteiger partial charge in [-0.05, 0) is 30.9 Å². The van der Waals surface area contributed by atoms with Gasteiger partial charge in [0.25, 0.3) is 0 Å². The first-order valence-electron chi connectivity index (χ1n) is 6.66. The summed E-state index contributed by atoms with van der Waals surface area (Å²) in [6.45, 7) is 0.286. The molecule has 0 saturated heterocycles. The lowest BCUT2D eigenvalue weighted by atomic mass is 10.2. The van der Waals surface area contributed by atoms with E-state index in [1.807, 2.05) is 6.07 Å². The van der Waals surface area contributed by atoms with Crippen molar-refractivity contribution in [1.29, 1.82) is 0 Å². The van der Waals surface area contributed by atoms with Gasteiger partial charge in [-0.3, -0.25) is 4.98 Å². The van der Waals surface area contributed by atoms with Gasteiger partial charge in [-0.25, -0.2) is 13.1 Å². The van der Waals surface area contributed by atoms with Crippen LogP contribution in [0, 0.1) is 5.92 Å². The number of fused-ring (bicyclic) bond motifs is 1. The van der Waals surface area contributed by atoms with E-state index in [1.54, 1.807) is 30.6 Å². The molecule has 3 N–H and O–H groups in total. The number of nitrogens with two attached hydrogens (primary N) is 1. The minimum Gasteiger partial charge on any atom is -0.326 e. The smallest absolute Gasteiger partial charge is 0.241 e. The van der Waals surface area contributed by atoms with Gasteiger partial charge in [0.15, 0.2) is 0 Å². The standard InChI is InChI=1S/C14H17N3O2S.ClH/c15-13(10-4-5-10)9-17-20(18,19)14-3-1-2-11-8-16-7-6-12(11)14;/h1-3,6-8,10,13,17H,4-5,9,15H2;1H. The maximum atomic E-state index is 12.4. The topological polar surface area (TPSA) is 85.1 Å². The van der Waals surface area contributed by atoms with Crippen LogP contribution in [-0.4, -0.2) is 26.0 Å². The second kappa shape index (κ2) is 6.27. The van der Waals surface area contributed by atoms with Crippen LogP contribution in [0.1, 0.15) is 12.8 Å². The van der Waals surface area contributed by atoms with E-state index in [1.165, 1.54) is 0 Å². The Morgan fingerprint density at radius 2 is 2.10 bits per heavy atom. The molecule has 0 aliphatic heterocycles. The maximum absolute atomic E-state index is 12.4. The number of hydrogen-bond acceptors (Lipinski definition) is 4. The zero-order valence-electron chi connectivity index (χ0n) is 11.4. The van der Waals surface area contributed by atoms with Crippen LogP contribution in [0.2, 0.25) is 0 Å². The van der Waals surface area contributed by atoms with Crippen LogP contribution >= 0.6 is 12.4 Å². The normalized spacial score (nSPS) is 16.4. The van der Waals surface area contributed by atoms with Crippen LogP contribution in [0.15, 0.2) is 41.6 Å². The van der Waals surface area contributed by atoms with Crippen LogP contribution in [0.4, 0.5) is 0 Å². The second-order valence-electron chi connectivity index (χ2n) is 5.21. The van der Waals surface area contributed by atoms with Gasteiger partial charge in [0.2, 0.25) is 10.0 Å².